The average molecular weight is 228 g/mol. The van der Waals surface area contributed by atoms with Crippen molar-refractivity contribution in [2.45, 2.75) is 12.1 Å². The second-order valence-electron chi connectivity index (χ2n) is 2.95. The predicted molar refractivity (Wildman–Crippen MR) is 47.3 cm³/mol. The highest BCUT2D eigenvalue weighted by atomic mass is 35.5. The second-order valence-corrected chi connectivity index (χ2v) is 5.37. The Morgan fingerprint density at radius 2 is 2.15 bits per heavy atom. The second kappa shape index (κ2) is 3.81. The van der Waals surface area contributed by atoms with Crippen LogP contribution in [0.5, 0.6) is 0 Å². The van der Waals surface area contributed by atoms with E-state index in [1.165, 1.54) is 0 Å². The van der Waals surface area contributed by atoms with Crippen molar-refractivity contribution in [2.75, 3.05) is 17.4 Å². The maximum atomic E-state index is 11.0. The first-order valence-electron chi connectivity index (χ1n) is 3.68. The van der Waals surface area contributed by atoms with E-state index in [0.717, 1.165) is 0 Å². The van der Waals surface area contributed by atoms with Gasteiger partial charge in [0.25, 0.3) is 0 Å². The molecule has 1 aliphatic heterocycles. The number of aliphatic hydroxyl groups is 1. The van der Waals surface area contributed by atoms with Crippen LogP contribution in [0.15, 0.2) is 0 Å². The molecule has 2 unspecified atom stereocenters. The zero-order valence-electron chi connectivity index (χ0n) is 6.73. The number of hydrogen-bond acceptors (Lipinski definition) is 4. The number of halogens is 1. The molecule has 1 saturated heterocycles. The molecule has 0 aliphatic carbocycles. The Morgan fingerprint density at radius 1 is 1.54 bits per heavy atom. The third kappa shape index (κ3) is 2.82. The van der Waals surface area contributed by atoms with Gasteiger partial charge in [-0.05, 0) is 0 Å². The van der Waals surface area contributed by atoms with Gasteiger partial charge in [-0.1, -0.05) is 0 Å². The summed E-state index contributed by atoms with van der Waals surface area (Å²) in [6.07, 6.45) is -1.02. The van der Waals surface area contributed by atoms with E-state index in [4.69, 9.17) is 11.6 Å². The van der Waals surface area contributed by atoms with Crippen molar-refractivity contribution in [2.24, 2.45) is 0 Å². The number of rotatable bonds is 2. The van der Waals surface area contributed by atoms with Gasteiger partial charge in [-0.25, -0.2) is 8.42 Å². The monoisotopic (exact) mass is 227 g/mol. The molecule has 1 amide bonds. The van der Waals surface area contributed by atoms with E-state index in [2.05, 4.69) is 5.32 Å². The molecule has 1 aliphatic rings. The molecule has 1 rings (SSSR count). The maximum Gasteiger partial charge on any atom is 0.235 e. The lowest BCUT2D eigenvalue weighted by Gasteiger charge is -2.13. The zero-order chi connectivity index (χ0) is 10.1. The summed E-state index contributed by atoms with van der Waals surface area (Å²) in [5.41, 5.74) is 0. The summed E-state index contributed by atoms with van der Waals surface area (Å²) < 4.78 is 22.0. The lowest BCUT2D eigenvalue weighted by Crippen LogP contribution is -2.43. The van der Waals surface area contributed by atoms with E-state index in [9.17, 15) is 18.3 Å². The highest BCUT2D eigenvalue weighted by Gasteiger charge is 2.36. The van der Waals surface area contributed by atoms with Crippen molar-refractivity contribution < 1.29 is 18.3 Å². The smallest absolute Gasteiger partial charge is 0.235 e. The SMILES string of the molecule is O=C(CCl)NC1CS(=O)(=O)CC1O. The molecular formula is C6H10ClNO4S. The first-order chi connectivity index (χ1) is 5.94. The molecular weight excluding hydrogens is 218 g/mol. The first-order valence-corrected chi connectivity index (χ1v) is 6.04. The third-order valence-electron chi connectivity index (χ3n) is 1.79. The average Bonchev–Trinajstić information content (AvgIpc) is 2.24. The highest BCUT2D eigenvalue weighted by molar-refractivity contribution is 7.91. The van der Waals surface area contributed by atoms with Crippen LogP contribution in [-0.2, 0) is 14.6 Å². The van der Waals surface area contributed by atoms with E-state index < -0.39 is 27.9 Å². The van der Waals surface area contributed by atoms with E-state index in [1.807, 2.05) is 0 Å². The van der Waals surface area contributed by atoms with Gasteiger partial charge < -0.3 is 10.4 Å². The van der Waals surface area contributed by atoms with Crippen LogP contribution < -0.4 is 5.32 Å². The fourth-order valence-electron chi connectivity index (χ4n) is 1.21. The Kier molecular flexibility index (Phi) is 3.15. The largest absolute Gasteiger partial charge is 0.390 e. The molecule has 0 aromatic heterocycles. The number of sulfone groups is 1. The fraction of sp³-hybridized carbons (Fsp3) is 0.833. The predicted octanol–water partition coefficient (Wildman–Crippen LogP) is -1.50. The molecule has 5 nitrogen and oxygen atoms in total. The van der Waals surface area contributed by atoms with Crippen LogP contribution in [0.2, 0.25) is 0 Å². The van der Waals surface area contributed by atoms with Gasteiger partial charge in [0.05, 0.1) is 23.7 Å². The summed E-state index contributed by atoms with van der Waals surface area (Å²) in [5.74, 6) is -1.21. The van der Waals surface area contributed by atoms with Crippen LogP contribution in [0, 0.1) is 0 Å². The minimum absolute atomic E-state index is 0.212. The summed E-state index contributed by atoms with van der Waals surface area (Å²) in [6, 6.07) is -0.712. The van der Waals surface area contributed by atoms with Crippen molar-refractivity contribution in [3.05, 3.63) is 0 Å². The Balaban J connectivity index is 2.59. The summed E-state index contributed by atoms with van der Waals surface area (Å²) >= 11 is 5.21. The summed E-state index contributed by atoms with van der Waals surface area (Å²) in [7, 11) is -3.21. The molecule has 0 saturated carbocycles. The van der Waals surface area contributed by atoms with Crippen molar-refractivity contribution in [1.29, 1.82) is 0 Å². The minimum Gasteiger partial charge on any atom is -0.390 e. The van der Waals surface area contributed by atoms with Gasteiger partial charge in [-0.2, -0.15) is 0 Å². The van der Waals surface area contributed by atoms with Crippen LogP contribution in [0.25, 0.3) is 0 Å². The van der Waals surface area contributed by atoms with E-state index in [1.54, 1.807) is 0 Å². The first kappa shape index (κ1) is 10.7. The minimum atomic E-state index is -3.21. The van der Waals surface area contributed by atoms with Crippen molar-refractivity contribution in [3.8, 4) is 0 Å². The number of amides is 1. The summed E-state index contributed by atoms with van der Waals surface area (Å²) in [6.45, 7) is 0. The zero-order valence-corrected chi connectivity index (χ0v) is 8.31. The molecule has 0 aromatic rings. The Hall–Kier alpha value is -0.330. The molecule has 0 bridgehead atoms. The number of hydrogen-bond donors (Lipinski definition) is 2. The van der Waals surface area contributed by atoms with E-state index >= 15 is 0 Å². The van der Waals surface area contributed by atoms with Crippen molar-refractivity contribution in [3.63, 3.8) is 0 Å². The summed E-state index contributed by atoms with van der Waals surface area (Å²) in [5, 5.41) is 11.6. The van der Waals surface area contributed by atoms with Gasteiger partial charge in [0.1, 0.15) is 5.88 Å². The molecule has 7 heteroatoms. The van der Waals surface area contributed by atoms with E-state index in [0.29, 0.717) is 0 Å². The van der Waals surface area contributed by atoms with Crippen LogP contribution in [0.1, 0.15) is 0 Å². The van der Waals surface area contributed by atoms with Gasteiger partial charge in [0, 0.05) is 0 Å². The number of aliphatic hydroxyl groups excluding tert-OH is 1. The lowest BCUT2D eigenvalue weighted by molar-refractivity contribution is -0.119. The van der Waals surface area contributed by atoms with Gasteiger partial charge in [0.2, 0.25) is 5.91 Å². The molecule has 0 radical (unpaired) electrons. The van der Waals surface area contributed by atoms with Crippen molar-refractivity contribution in [1.82, 2.24) is 5.32 Å². The molecule has 1 heterocycles. The maximum absolute atomic E-state index is 11.0. The van der Waals surface area contributed by atoms with Gasteiger partial charge in [-0.3, -0.25) is 4.79 Å². The summed E-state index contributed by atoms with van der Waals surface area (Å²) in [4.78, 5) is 10.8. The fourth-order valence-corrected chi connectivity index (χ4v) is 3.03. The standard InChI is InChI=1S/C6H10ClNO4S/c7-1-6(10)8-4-2-13(11,12)3-5(4)9/h4-5,9H,1-3H2,(H,8,10). The van der Waals surface area contributed by atoms with Gasteiger partial charge in [0.15, 0.2) is 9.84 Å². The van der Waals surface area contributed by atoms with Crippen molar-refractivity contribution >= 4 is 27.3 Å². The van der Waals surface area contributed by atoms with Gasteiger partial charge >= 0.3 is 0 Å². The number of carbonyl (C=O) groups excluding carboxylic acids is 1. The normalized spacial score (nSPS) is 31.5. The Bertz CT molecular complexity index is 302. The Morgan fingerprint density at radius 3 is 2.54 bits per heavy atom. The van der Waals surface area contributed by atoms with Crippen LogP contribution in [0.4, 0.5) is 0 Å². The topological polar surface area (TPSA) is 83.5 Å². The molecule has 1 fully saturated rings. The molecule has 0 aromatic carbocycles. The number of alkyl halides is 1. The van der Waals surface area contributed by atoms with Gasteiger partial charge in [-0.15, -0.1) is 11.6 Å². The van der Waals surface area contributed by atoms with Crippen LogP contribution >= 0.6 is 11.6 Å². The molecule has 76 valence electrons. The molecule has 0 spiro atoms. The van der Waals surface area contributed by atoms with Crippen LogP contribution in [-0.4, -0.2) is 49.0 Å². The molecule has 2 atom stereocenters. The number of nitrogens with one attached hydrogen (secondary N) is 1. The van der Waals surface area contributed by atoms with E-state index in [-0.39, 0.29) is 17.4 Å². The highest BCUT2D eigenvalue weighted by Crippen LogP contribution is 2.12. The number of carbonyl (C=O) groups is 1. The molecule has 2 N–H and O–H groups in total. The Labute approximate surface area is 81.0 Å². The van der Waals surface area contributed by atoms with Crippen LogP contribution in [0.3, 0.4) is 0 Å². The third-order valence-corrected chi connectivity index (χ3v) is 3.75. The molecule has 13 heavy (non-hydrogen) atoms. The quantitative estimate of drug-likeness (QED) is 0.563. The lowest BCUT2D eigenvalue weighted by atomic mass is 10.2.